The van der Waals surface area contributed by atoms with Crippen LogP contribution in [0.3, 0.4) is 0 Å². The Balaban J connectivity index is 1.43. The van der Waals surface area contributed by atoms with Gasteiger partial charge in [0.05, 0.1) is 18.5 Å². The minimum atomic E-state index is -0.160. The van der Waals surface area contributed by atoms with Crippen LogP contribution < -0.4 is 5.56 Å². The Labute approximate surface area is 166 Å². The van der Waals surface area contributed by atoms with Crippen molar-refractivity contribution in [1.29, 1.82) is 0 Å². The summed E-state index contributed by atoms with van der Waals surface area (Å²) < 4.78 is 0.608. The first kappa shape index (κ1) is 18.1. The second-order valence-corrected chi connectivity index (χ2v) is 7.55. The van der Waals surface area contributed by atoms with Crippen molar-refractivity contribution in [1.82, 2.24) is 14.9 Å². The van der Waals surface area contributed by atoms with Crippen LogP contribution in [-0.2, 0) is 17.8 Å². The molecule has 0 saturated heterocycles. The highest BCUT2D eigenvalue weighted by Crippen LogP contribution is 2.19. The molecule has 5 nitrogen and oxygen atoms in total. The van der Waals surface area contributed by atoms with Gasteiger partial charge in [-0.15, -0.1) is 11.3 Å². The summed E-state index contributed by atoms with van der Waals surface area (Å²) >= 11 is 1.36. The highest BCUT2D eigenvalue weighted by atomic mass is 32.1. The van der Waals surface area contributed by atoms with Gasteiger partial charge in [0.2, 0.25) is 5.91 Å². The molecule has 1 N–H and O–H groups in total. The molecule has 2 aromatic carbocycles. The lowest BCUT2D eigenvalue weighted by Gasteiger charge is -2.16. The molecule has 4 aromatic rings. The van der Waals surface area contributed by atoms with Gasteiger partial charge in [-0.3, -0.25) is 9.59 Å². The molecule has 0 aliphatic heterocycles. The van der Waals surface area contributed by atoms with Crippen LogP contribution >= 0.6 is 11.3 Å². The van der Waals surface area contributed by atoms with Gasteiger partial charge in [0.25, 0.3) is 5.56 Å². The van der Waals surface area contributed by atoms with Crippen molar-refractivity contribution in [3.8, 4) is 11.1 Å². The number of thiophene rings is 1. The van der Waals surface area contributed by atoms with E-state index in [9.17, 15) is 9.59 Å². The fourth-order valence-electron chi connectivity index (χ4n) is 3.06. The maximum Gasteiger partial charge on any atom is 0.268 e. The molecule has 0 atom stereocenters. The third-order valence-electron chi connectivity index (χ3n) is 4.59. The highest BCUT2D eigenvalue weighted by Gasteiger charge is 2.13. The molecule has 28 heavy (non-hydrogen) atoms. The largest absolute Gasteiger partial charge is 0.338 e. The number of H-pyrrole nitrogens is 1. The molecule has 1 amide bonds. The molecule has 2 aromatic heterocycles. The van der Waals surface area contributed by atoms with Gasteiger partial charge in [-0.1, -0.05) is 54.6 Å². The van der Waals surface area contributed by atoms with Gasteiger partial charge in [-0.25, -0.2) is 4.98 Å². The molecule has 0 radical (unpaired) electrons. The molecule has 0 saturated carbocycles. The van der Waals surface area contributed by atoms with Crippen molar-refractivity contribution < 1.29 is 4.79 Å². The lowest BCUT2D eigenvalue weighted by Crippen LogP contribution is -2.29. The number of carbonyl (C=O) groups excluding carboxylic acids is 1. The molecule has 4 rings (SSSR count). The maximum absolute atomic E-state index is 12.6. The first-order chi connectivity index (χ1) is 13.6. The Kier molecular flexibility index (Phi) is 5.04. The van der Waals surface area contributed by atoms with Gasteiger partial charge in [-0.05, 0) is 28.1 Å². The number of nitrogens with zero attached hydrogens (tertiary/aromatic N) is 2. The molecular weight excluding hydrogens is 370 g/mol. The van der Waals surface area contributed by atoms with Crippen molar-refractivity contribution in [3.63, 3.8) is 0 Å². The third kappa shape index (κ3) is 3.87. The van der Waals surface area contributed by atoms with Crippen molar-refractivity contribution >= 4 is 27.5 Å². The van der Waals surface area contributed by atoms with Crippen LogP contribution in [0.1, 0.15) is 11.4 Å². The molecule has 2 heterocycles. The summed E-state index contributed by atoms with van der Waals surface area (Å²) in [4.78, 5) is 33.4. The van der Waals surface area contributed by atoms with Crippen LogP contribution in [0.4, 0.5) is 0 Å². The number of likely N-dealkylation sites (N-methyl/N-ethyl adjacent to an activating group) is 1. The summed E-state index contributed by atoms with van der Waals surface area (Å²) in [6.07, 6.45) is 0.302. The zero-order chi connectivity index (χ0) is 19.5. The summed E-state index contributed by atoms with van der Waals surface area (Å²) in [5, 5.41) is 1.84. The molecule has 6 heteroatoms. The number of nitrogens with one attached hydrogen (secondary N) is 1. The van der Waals surface area contributed by atoms with Crippen LogP contribution in [-0.4, -0.2) is 27.8 Å². The summed E-state index contributed by atoms with van der Waals surface area (Å²) in [5.41, 5.74) is 3.73. The Morgan fingerprint density at radius 2 is 1.75 bits per heavy atom. The van der Waals surface area contributed by atoms with Gasteiger partial charge >= 0.3 is 0 Å². The number of aromatic nitrogens is 2. The number of benzene rings is 2. The van der Waals surface area contributed by atoms with Crippen molar-refractivity contribution in [2.24, 2.45) is 0 Å². The fourth-order valence-corrected chi connectivity index (χ4v) is 3.79. The van der Waals surface area contributed by atoms with Crippen LogP contribution in [0.25, 0.3) is 21.3 Å². The average Bonchev–Trinajstić information content (AvgIpc) is 3.18. The summed E-state index contributed by atoms with van der Waals surface area (Å²) in [7, 11) is 1.72. The quantitative estimate of drug-likeness (QED) is 0.564. The van der Waals surface area contributed by atoms with E-state index in [1.807, 2.05) is 53.9 Å². The Morgan fingerprint density at radius 1 is 1.04 bits per heavy atom. The molecule has 0 aliphatic rings. The van der Waals surface area contributed by atoms with E-state index < -0.39 is 0 Å². The molecule has 0 aliphatic carbocycles. The smallest absolute Gasteiger partial charge is 0.268 e. The van der Waals surface area contributed by atoms with E-state index in [0.717, 1.165) is 16.7 Å². The average molecular weight is 389 g/mol. The highest BCUT2D eigenvalue weighted by molar-refractivity contribution is 7.17. The maximum atomic E-state index is 12.6. The van der Waals surface area contributed by atoms with Crippen LogP contribution in [0.5, 0.6) is 0 Å². The number of hydrogen-bond acceptors (Lipinski definition) is 4. The van der Waals surface area contributed by atoms with Crippen molar-refractivity contribution in [3.05, 3.63) is 87.8 Å². The van der Waals surface area contributed by atoms with Crippen molar-refractivity contribution in [2.45, 2.75) is 13.0 Å². The summed E-state index contributed by atoms with van der Waals surface area (Å²) in [5.74, 6) is 0.465. The predicted octanol–water partition coefficient (Wildman–Crippen LogP) is 3.85. The molecular formula is C22H19N3O2S. The predicted molar refractivity (Wildman–Crippen MR) is 112 cm³/mol. The minimum absolute atomic E-state index is 0.0273. The van der Waals surface area contributed by atoms with Crippen LogP contribution in [0.15, 0.2) is 70.8 Å². The lowest BCUT2D eigenvalue weighted by molar-refractivity contribution is -0.129. The normalized spacial score (nSPS) is 10.9. The zero-order valence-corrected chi connectivity index (χ0v) is 16.2. The number of amides is 1. The standard InChI is InChI=1S/C22H19N3O2S/c1-25(14-19-23-18-11-12-28-21(18)22(27)24-19)20(26)13-15-7-9-17(10-8-15)16-5-3-2-4-6-16/h2-12H,13-14H2,1H3,(H,23,24,27). The molecule has 0 fully saturated rings. The monoisotopic (exact) mass is 389 g/mol. The zero-order valence-electron chi connectivity index (χ0n) is 15.4. The lowest BCUT2D eigenvalue weighted by atomic mass is 10.0. The topological polar surface area (TPSA) is 66.1 Å². The van der Waals surface area contributed by atoms with E-state index in [0.29, 0.717) is 22.5 Å². The molecule has 0 unspecified atom stereocenters. The van der Waals surface area contributed by atoms with E-state index in [2.05, 4.69) is 22.1 Å². The number of hydrogen-bond donors (Lipinski definition) is 1. The SMILES string of the molecule is CN(Cc1nc2ccsc2c(=O)[nH]1)C(=O)Cc1ccc(-c2ccccc2)cc1. The fraction of sp³-hybridized carbons (Fsp3) is 0.136. The summed E-state index contributed by atoms with van der Waals surface area (Å²) in [6, 6.07) is 20.0. The van der Waals surface area contributed by atoms with Gasteiger partial charge in [-0.2, -0.15) is 0 Å². The number of carbonyl (C=O) groups is 1. The van der Waals surface area contributed by atoms with Crippen LogP contribution in [0.2, 0.25) is 0 Å². The minimum Gasteiger partial charge on any atom is -0.338 e. The Hall–Kier alpha value is -3.25. The summed E-state index contributed by atoms with van der Waals surface area (Å²) in [6.45, 7) is 0.266. The van der Waals surface area contributed by atoms with E-state index in [1.54, 1.807) is 11.9 Å². The number of rotatable bonds is 5. The van der Waals surface area contributed by atoms with Gasteiger partial charge in [0.1, 0.15) is 10.5 Å². The van der Waals surface area contributed by atoms with E-state index in [1.165, 1.54) is 11.3 Å². The molecule has 140 valence electrons. The first-order valence-corrected chi connectivity index (χ1v) is 9.83. The van der Waals surface area contributed by atoms with Gasteiger partial charge < -0.3 is 9.88 Å². The third-order valence-corrected chi connectivity index (χ3v) is 5.50. The Bertz CT molecular complexity index is 1160. The second-order valence-electron chi connectivity index (χ2n) is 6.64. The van der Waals surface area contributed by atoms with Crippen LogP contribution in [0, 0.1) is 0 Å². The van der Waals surface area contributed by atoms with E-state index in [-0.39, 0.29) is 18.0 Å². The molecule has 0 spiro atoms. The second kappa shape index (κ2) is 7.78. The number of fused-ring (bicyclic) bond motifs is 1. The van der Waals surface area contributed by atoms with E-state index in [4.69, 9.17) is 0 Å². The first-order valence-electron chi connectivity index (χ1n) is 8.95. The van der Waals surface area contributed by atoms with Gasteiger partial charge in [0.15, 0.2) is 0 Å². The number of aromatic amines is 1. The Morgan fingerprint density at radius 3 is 2.50 bits per heavy atom. The van der Waals surface area contributed by atoms with Gasteiger partial charge in [0, 0.05) is 7.05 Å². The van der Waals surface area contributed by atoms with Crippen molar-refractivity contribution in [2.75, 3.05) is 7.05 Å². The van der Waals surface area contributed by atoms with E-state index >= 15 is 0 Å². The molecule has 0 bridgehead atoms.